The van der Waals surface area contributed by atoms with Crippen molar-refractivity contribution in [3.8, 4) is 5.75 Å². The van der Waals surface area contributed by atoms with Gasteiger partial charge in [0.25, 0.3) is 0 Å². The van der Waals surface area contributed by atoms with Gasteiger partial charge in [0.05, 0.1) is 13.7 Å². The van der Waals surface area contributed by atoms with E-state index < -0.39 is 0 Å². The van der Waals surface area contributed by atoms with Crippen LogP contribution in [0.15, 0.2) is 12.1 Å². The van der Waals surface area contributed by atoms with Crippen LogP contribution in [0.25, 0.3) is 0 Å². The number of hydrogen-bond donors (Lipinski definition) is 0. The number of methoxy groups -OCH3 is 1. The predicted molar refractivity (Wildman–Crippen MR) is 135 cm³/mol. The molecule has 0 aliphatic carbocycles. The zero-order valence-electron chi connectivity index (χ0n) is 22.6. The van der Waals surface area contributed by atoms with Gasteiger partial charge < -0.3 is 4.74 Å². The normalized spacial score (nSPS) is 20.5. The molecule has 31 heavy (non-hydrogen) atoms. The van der Waals surface area contributed by atoms with E-state index in [-0.39, 0.29) is 16.2 Å². The van der Waals surface area contributed by atoms with E-state index >= 15 is 0 Å². The average molecular weight is 429 g/mol. The molecule has 0 saturated carbocycles. The van der Waals surface area contributed by atoms with Crippen molar-refractivity contribution in [3.63, 3.8) is 0 Å². The van der Waals surface area contributed by atoms with Crippen molar-refractivity contribution >= 4 is 12.0 Å². The van der Waals surface area contributed by atoms with Crippen LogP contribution >= 0.6 is 0 Å². The summed E-state index contributed by atoms with van der Waals surface area (Å²) >= 11 is 0. The summed E-state index contributed by atoms with van der Waals surface area (Å²) in [6, 6.07) is 5.39. The SMILES string of the molecule is CCC[N+]1=[C]N(c2cc(C(C)(C)C)c(OC)cc2C(C)C)[C@H](C(C)(C)C)[C@H]1C(C)(C)C. The van der Waals surface area contributed by atoms with Crippen LogP contribution in [-0.2, 0) is 5.41 Å². The van der Waals surface area contributed by atoms with Crippen molar-refractivity contribution in [1.82, 2.24) is 0 Å². The summed E-state index contributed by atoms with van der Waals surface area (Å²) < 4.78 is 8.35. The second-order valence-electron chi connectivity index (χ2n) is 12.8. The molecule has 1 aromatic carbocycles. The van der Waals surface area contributed by atoms with Gasteiger partial charge in [0.1, 0.15) is 23.5 Å². The minimum Gasteiger partial charge on any atom is -0.496 e. The Bertz CT molecular complexity index is 800. The van der Waals surface area contributed by atoms with Gasteiger partial charge in [0.15, 0.2) is 0 Å². The number of ether oxygens (including phenoxy) is 1. The Morgan fingerprint density at radius 3 is 1.97 bits per heavy atom. The Kier molecular flexibility index (Phi) is 7.30. The summed E-state index contributed by atoms with van der Waals surface area (Å²) in [7, 11) is 1.79. The molecule has 0 amide bonds. The van der Waals surface area contributed by atoms with Crippen molar-refractivity contribution < 1.29 is 9.31 Å². The van der Waals surface area contributed by atoms with Gasteiger partial charge in [0, 0.05) is 22.0 Å². The van der Waals surface area contributed by atoms with Gasteiger partial charge in [-0.1, -0.05) is 83.1 Å². The van der Waals surface area contributed by atoms with Crippen LogP contribution in [0.1, 0.15) is 107 Å². The van der Waals surface area contributed by atoms with Gasteiger partial charge in [-0.05, 0) is 29.9 Å². The van der Waals surface area contributed by atoms with Crippen molar-refractivity contribution in [2.24, 2.45) is 10.8 Å². The predicted octanol–water partition coefficient (Wildman–Crippen LogP) is 7.09. The highest BCUT2D eigenvalue weighted by Crippen LogP contribution is 2.45. The maximum atomic E-state index is 5.86. The van der Waals surface area contributed by atoms with Crippen LogP contribution in [0.4, 0.5) is 5.69 Å². The van der Waals surface area contributed by atoms with E-state index in [2.05, 4.69) is 111 Å². The van der Waals surface area contributed by atoms with Crippen molar-refractivity contribution in [2.45, 2.75) is 113 Å². The Morgan fingerprint density at radius 1 is 1.00 bits per heavy atom. The van der Waals surface area contributed by atoms with Crippen LogP contribution in [0.2, 0.25) is 0 Å². The fourth-order valence-corrected chi connectivity index (χ4v) is 5.02. The van der Waals surface area contributed by atoms with E-state index in [0.717, 1.165) is 18.7 Å². The molecular weight excluding hydrogens is 380 g/mol. The number of anilines is 1. The highest BCUT2D eigenvalue weighted by atomic mass is 16.5. The van der Waals surface area contributed by atoms with E-state index in [4.69, 9.17) is 4.74 Å². The largest absolute Gasteiger partial charge is 0.496 e. The highest BCUT2D eigenvalue weighted by molar-refractivity contribution is 5.82. The molecule has 0 saturated heterocycles. The summed E-state index contributed by atoms with van der Waals surface area (Å²) in [5.41, 5.74) is 4.12. The summed E-state index contributed by atoms with van der Waals surface area (Å²) in [5.74, 6) is 1.39. The quantitative estimate of drug-likeness (QED) is 0.465. The molecule has 0 bridgehead atoms. The standard InChI is InChI=1S/C28H48N2O/c1-14-15-29-18-30(25(28(10,11)12)24(29)27(7,8)9)22-17-21(26(4,5)6)23(31-13)16-20(22)19(2)3/h16-17,19,24-25H,14-15H2,1-13H3/q+1/t24-,25-/m0/s1. The number of rotatable bonds is 5. The number of benzene rings is 1. The molecule has 3 nitrogen and oxygen atoms in total. The van der Waals surface area contributed by atoms with Crippen molar-refractivity contribution in [3.05, 3.63) is 23.3 Å². The Labute approximate surface area is 192 Å². The lowest BCUT2D eigenvalue weighted by molar-refractivity contribution is -0.573. The lowest BCUT2D eigenvalue weighted by Crippen LogP contribution is -2.53. The molecule has 0 fully saturated rings. The molecule has 2 rings (SSSR count). The first-order valence-electron chi connectivity index (χ1n) is 12.1. The topological polar surface area (TPSA) is 15.5 Å². The van der Waals surface area contributed by atoms with E-state index in [9.17, 15) is 0 Å². The zero-order valence-corrected chi connectivity index (χ0v) is 22.6. The average Bonchev–Trinajstić information content (AvgIpc) is 2.99. The van der Waals surface area contributed by atoms with E-state index in [1.165, 1.54) is 16.8 Å². The Morgan fingerprint density at radius 2 is 1.58 bits per heavy atom. The molecule has 1 aromatic rings. The molecule has 1 heterocycles. The van der Waals surface area contributed by atoms with Gasteiger partial charge in [0.2, 0.25) is 0 Å². The first kappa shape index (κ1) is 25.7. The monoisotopic (exact) mass is 428 g/mol. The fourth-order valence-electron chi connectivity index (χ4n) is 5.02. The molecule has 1 radical (unpaired) electrons. The second-order valence-corrected chi connectivity index (χ2v) is 12.8. The highest BCUT2D eigenvalue weighted by Gasteiger charge is 2.55. The smallest absolute Gasteiger partial charge is 0.369 e. The molecule has 1 aliphatic heterocycles. The third-order valence-corrected chi connectivity index (χ3v) is 6.43. The fraction of sp³-hybridized carbons (Fsp3) is 0.750. The van der Waals surface area contributed by atoms with E-state index in [1.54, 1.807) is 7.11 Å². The third kappa shape index (κ3) is 5.29. The lowest BCUT2D eigenvalue weighted by Gasteiger charge is -2.39. The van der Waals surface area contributed by atoms with Crippen LogP contribution in [-0.4, -0.2) is 36.7 Å². The molecule has 2 atom stereocenters. The number of nitrogens with zero attached hydrogens (tertiary/aromatic N) is 2. The molecule has 175 valence electrons. The van der Waals surface area contributed by atoms with Crippen LogP contribution in [0, 0.1) is 10.8 Å². The summed E-state index contributed by atoms with van der Waals surface area (Å²) in [6.45, 7) is 28.9. The zero-order chi connectivity index (χ0) is 23.9. The number of hydrogen-bond acceptors (Lipinski definition) is 2. The second kappa shape index (κ2) is 8.79. The molecule has 1 aliphatic rings. The summed E-state index contributed by atoms with van der Waals surface area (Å²) in [5, 5.41) is 0. The molecular formula is C28H48N2O+. The van der Waals surface area contributed by atoms with Gasteiger partial charge in [-0.2, -0.15) is 0 Å². The van der Waals surface area contributed by atoms with Crippen LogP contribution in [0.5, 0.6) is 5.75 Å². The molecule has 0 aromatic heterocycles. The van der Waals surface area contributed by atoms with E-state index in [1.807, 2.05) is 0 Å². The maximum absolute atomic E-state index is 5.86. The minimum absolute atomic E-state index is 0.000902. The van der Waals surface area contributed by atoms with Gasteiger partial charge in [-0.15, -0.1) is 0 Å². The summed E-state index contributed by atoms with van der Waals surface area (Å²) in [4.78, 5) is 2.48. The van der Waals surface area contributed by atoms with Gasteiger partial charge in [-0.25, -0.2) is 9.48 Å². The minimum atomic E-state index is -0.000902. The summed E-state index contributed by atoms with van der Waals surface area (Å²) in [6.07, 6.45) is 4.98. The van der Waals surface area contributed by atoms with Crippen molar-refractivity contribution in [1.29, 1.82) is 0 Å². The first-order chi connectivity index (χ1) is 14.0. The Hall–Kier alpha value is -1.51. The molecule has 0 unspecified atom stereocenters. The van der Waals surface area contributed by atoms with Gasteiger partial charge in [-0.3, -0.25) is 0 Å². The van der Waals surface area contributed by atoms with Gasteiger partial charge >= 0.3 is 6.34 Å². The van der Waals surface area contributed by atoms with Crippen LogP contribution in [0.3, 0.4) is 0 Å². The first-order valence-corrected chi connectivity index (χ1v) is 12.1. The lowest BCUT2D eigenvalue weighted by atomic mass is 9.72. The molecule has 0 spiro atoms. The third-order valence-electron chi connectivity index (χ3n) is 6.43. The van der Waals surface area contributed by atoms with Crippen LogP contribution < -0.4 is 9.64 Å². The maximum Gasteiger partial charge on any atom is 0.369 e. The van der Waals surface area contributed by atoms with Crippen molar-refractivity contribution in [2.75, 3.05) is 18.6 Å². The molecule has 0 N–H and O–H groups in total. The molecule has 3 heteroatoms. The van der Waals surface area contributed by atoms with E-state index in [0.29, 0.717) is 18.0 Å². The Balaban J connectivity index is 2.84.